The van der Waals surface area contributed by atoms with Crippen molar-refractivity contribution in [2.75, 3.05) is 13.1 Å². The van der Waals surface area contributed by atoms with Crippen molar-refractivity contribution in [3.05, 3.63) is 24.2 Å². The van der Waals surface area contributed by atoms with Gasteiger partial charge in [0.15, 0.2) is 5.65 Å². The number of pyridine rings is 1. The first-order chi connectivity index (χ1) is 6.86. The SMILES string of the molecule is Cc1nc2cccnc2n1C1CNC1. The van der Waals surface area contributed by atoms with Gasteiger partial charge in [0.1, 0.15) is 11.3 Å². The number of nitrogens with one attached hydrogen (secondary N) is 1. The molecule has 0 amide bonds. The molecule has 1 fully saturated rings. The number of aromatic nitrogens is 3. The highest BCUT2D eigenvalue weighted by atomic mass is 15.2. The lowest BCUT2D eigenvalue weighted by Crippen LogP contribution is -2.43. The lowest BCUT2D eigenvalue weighted by Gasteiger charge is -2.29. The third-order valence-electron chi connectivity index (χ3n) is 2.75. The molecule has 14 heavy (non-hydrogen) atoms. The number of nitrogens with zero attached hydrogens (tertiary/aromatic N) is 3. The van der Waals surface area contributed by atoms with Gasteiger partial charge in [-0.15, -0.1) is 0 Å². The summed E-state index contributed by atoms with van der Waals surface area (Å²) in [6.45, 7) is 4.10. The first kappa shape index (κ1) is 7.94. The van der Waals surface area contributed by atoms with Gasteiger partial charge in [-0.2, -0.15) is 0 Å². The second-order valence-corrected chi connectivity index (χ2v) is 3.69. The zero-order chi connectivity index (χ0) is 9.54. The topological polar surface area (TPSA) is 42.7 Å². The summed E-state index contributed by atoms with van der Waals surface area (Å²) in [6, 6.07) is 4.48. The predicted octanol–water partition coefficient (Wildman–Crippen LogP) is 0.884. The molecule has 0 radical (unpaired) electrons. The summed E-state index contributed by atoms with van der Waals surface area (Å²) in [5.74, 6) is 1.06. The van der Waals surface area contributed by atoms with E-state index in [-0.39, 0.29) is 0 Å². The molecule has 2 aromatic heterocycles. The van der Waals surface area contributed by atoms with Crippen molar-refractivity contribution in [2.45, 2.75) is 13.0 Å². The molecule has 0 bridgehead atoms. The van der Waals surface area contributed by atoms with Gasteiger partial charge in [-0.1, -0.05) is 0 Å². The van der Waals surface area contributed by atoms with Crippen LogP contribution >= 0.6 is 0 Å². The Morgan fingerprint density at radius 1 is 1.50 bits per heavy atom. The molecule has 4 heteroatoms. The Bertz CT molecular complexity index is 470. The van der Waals surface area contributed by atoms with Gasteiger partial charge in [-0.25, -0.2) is 9.97 Å². The van der Waals surface area contributed by atoms with Gasteiger partial charge >= 0.3 is 0 Å². The lowest BCUT2D eigenvalue weighted by atomic mass is 10.2. The van der Waals surface area contributed by atoms with E-state index in [4.69, 9.17) is 0 Å². The molecule has 3 rings (SSSR count). The third-order valence-corrected chi connectivity index (χ3v) is 2.75. The Balaban J connectivity index is 2.24. The summed E-state index contributed by atoms with van der Waals surface area (Å²) in [5, 5.41) is 3.27. The van der Waals surface area contributed by atoms with E-state index in [1.807, 2.05) is 25.3 Å². The highest BCUT2D eigenvalue weighted by Crippen LogP contribution is 2.20. The standard InChI is InChI=1S/C10H12N4/c1-7-13-9-3-2-4-12-10(9)14(7)8-5-11-6-8/h2-4,8,11H,5-6H2,1H3. The van der Waals surface area contributed by atoms with Crippen LogP contribution in [0.15, 0.2) is 18.3 Å². The summed E-state index contributed by atoms with van der Waals surface area (Å²) in [4.78, 5) is 8.87. The van der Waals surface area contributed by atoms with E-state index in [2.05, 4.69) is 19.9 Å². The molecule has 0 spiro atoms. The van der Waals surface area contributed by atoms with Crippen LogP contribution < -0.4 is 5.32 Å². The Morgan fingerprint density at radius 2 is 2.36 bits per heavy atom. The van der Waals surface area contributed by atoms with Crippen LogP contribution in [-0.2, 0) is 0 Å². The van der Waals surface area contributed by atoms with Gasteiger partial charge in [-0.05, 0) is 19.1 Å². The van der Waals surface area contributed by atoms with E-state index in [0.717, 1.165) is 30.1 Å². The number of rotatable bonds is 1. The van der Waals surface area contributed by atoms with Crippen LogP contribution in [0.1, 0.15) is 11.9 Å². The van der Waals surface area contributed by atoms with Crippen LogP contribution in [0.5, 0.6) is 0 Å². The average Bonchev–Trinajstić information content (AvgIpc) is 2.41. The summed E-state index contributed by atoms with van der Waals surface area (Å²) in [6.07, 6.45) is 1.83. The third kappa shape index (κ3) is 0.974. The van der Waals surface area contributed by atoms with Crippen LogP contribution in [0.3, 0.4) is 0 Å². The van der Waals surface area contributed by atoms with Crippen molar-refractivity contribution in [3.8, 4) is 0 Å². The van der Waals surface area contributed by atoms with E-state index in [9.17, 15) is 0 Å². The van der Waals surface area contributed by atoms with Crippen molar-refractivity contribution in [1.29, 1.82) is 0 Å². The van der Waals surface area contributed by atoms with Gasteiger partial charge in [0.2, 0.25) is 0 Å². The van der Waals surface area contributed by atoms with Crippen molar-refractivity contribution >= 4 is 11.2 Å². The van der Waals surface area contributed by atoms with E-state index < -0.39 is 0 Å². The molecule has 4 nitrogen and oxygen atoms in total. The summed E-state index contributed by atoms with van der Waals surface area (Å²) in [7, 11) is 0. The first-order valence-corrected chi connectivity index (χ1v) is 4.86. The number of fused-ring (bicyclic) bond motifs is 1. The monoisotopic (exact) mass is 188 g/mol. The van der Waals surface area contributed by atoms with Crippen molar-refractivity contribution in [2.24, 2.45) is 0 Å². The molecular formula is C10H12N4. The van der Waals surface area contributed by atoms with Crippen LogP contribution in [-0.4, -0.2) is 27.6 Å². The molecule has 2 aromatic rings. The summed E-state index contributed by atoms with van der Waals surface area (Å²) >= 11 is 0. The zero-order valence-corrected chi connectivity index (χ0v) is 8.07. The fourth-order valence-electron chi connectivity index (χ4n) is 1.94. The minimum absolute atomic E-state index is 0.537. The largest absolute Gasteiger partial charge is 0.313 e. The zero-order valence-electron chi connectivity index (χ0n) is 8.07. The number of aryl methyl sites for hydroxylation is 1. The number of imidazole rings is 1. The summed E-state index contributed by atoms with van der Waals surface area (Å²) < 4.78 is 2.23. The molecular weight excluding hydrogens is 176 g/mol. The molecule has 0 saturated carbocycles. The maximum Gasteiger partial charge on any atom is 0.160 e. The second-order valence-electron chi connectivity index (χ2n) is 3.69. The fourth-order valence-corrected chi connectivity index (χ4v) is 1.94. The van der Waals surface area contributed by atoms with Gasteiger partial charge in [0.25, 0.3) is 0 Å². The predicted molar refractivity (Wildman–Crippen MR) is 54.2 cm³/mol. The smallest absolute Gasteiger partial charge is 0.160 e. The molecule has 1 N–H and O–H groups in total. The maximum absolute atomic E-state index is 4.49. The van der Waals surface area contributed by atoms with Gasteiger partial charge in [0.05, 0.1) is 6.04 Å². The quantitative estimate of drug-likeness (QED) is 0.722. The highest BCUT2D eigenvalue weighted by molar-refractivity contribution is 5.71. The molecule has 0 aliphatic carbocycles. The average molecular weight is 188 g/mol. The van der Waals surface area contributed by atoms with Crippen LogP contribution in [0.2, 0.25) is 0 Å². The van der Waals surface area contributed by atoms with E-state index >= 15 is 0 Å². The fraction of sp³-hybridized carbons (Fsp3) is 0.400. The summed E-state index contributed by atoms with van der Waals surface area (Å²) in [5.41, 5.74) is 2.01. The minimum atomic E-state index is 0.537. The molecule has 0 unspecified atom stereocenters. The lowest BCUT2D eigenvalue weighted by molar-refractivity contribution is 0.344. The van der Waals surface area contributed by atoms with E-state index in [1.165, 1.54) is 0 Å². The molecule has 1 saturated heterocycles. The Kier molecular flexibility index (Phi) is 1.58. The first-order valence-electron chi connectivity index (χ1n) is 4.86. The Morgan fingerprint density at radius 3 is 3.07 bits per heavy atom. The van der Waals surface area contributed by atoms with Crippen LogP contribution in [0.25, 0.3) is 11.2 Å². The Labute approximate surface area is 82.0 Å². The van der Waals surface area contributed by atoms with E-state index in [0.29, 0.717) is 6.04 Å². The molecule has 0 aromatic carbocycles. The molecule has 1 aliphatic rings. The second kappa shape index (κ2) is 2.78. The van der Waals surface area contributed by atoms with Gasteiger partial charge < -0.3 is 9.88 Å². The normalized spacial score (nSPS) is 17.2. The van der Waals surface area contributed by atoms with Crippen molar-refractivity contribution in [1.82, 2.24) is 19.9 Å². The number of hydrogen-bond donors (Lipinski definition) is 1. The van der Waals surface area contributed by atoms with Crippen LogP contribution in [0.4, 0.5) is 0 Å². The van der Waals surface area contributed by atoms with Gasteiger partial charge in [-0.3, -0.25) is 0 Å². The van der Waals surface area contributed by atoms with Crippen LogP contribution in [0, 0.1) is 6.92 Å². The molecule has 72 valence electrons. The molecule has 0 atom stereocenters. The maximum atomic E-state index is 4.49. The Hall–Kier alpha value is -1.42. The van der Waals surface area contributed by atoms with Gasteiger partial charge in [0, 0.05) is 19.3 Å². The van der Waals surface area contributed by atoms with E-state index in [1.54, 1.807) is 0 Å². The van der Waals surface area contributed by atoms with Crippen molar-refractivity contribution in [3.63, 3.8) is 0 Å². The number of hydrogen-bond acceptors (Lipinski definition) is 3. The molecule has 1 aliphatic heterocycles. The highest BCUT2D eigenvalue weighted by Gasteiger charge is 2.22. The van der Waals surface area contributed by atoms with Crippen molar-refractivity contribution < 1.29 is 0 Å². The minimum Gasteiger partial charge on any atom is -0.313 e. The molecule has 3 heterocycles.